The number of morpholine rings is 1. The van der Waals surface area contributed by atoms with Crippen molar-refractivity contribution in [3.05, 3.63) is 48.3 Å². The molecule has 0 N–H and O–H groups in total. The number of amides is 1. The first-order valence-corrected chi connectivity index (χ1v) is 9.06. The van der Waals surface area contributed by atoms with Crippen LogP contribution in [0, 0.1) is 0 Å². The van der Waals surface area contributed by atoms with Crippen LogP contribution in [0.4, 0.5) is 4.79 Å². The first-order chi connectivity index (χ1) is 12.4. The second kappa shape index (κ2) is 6.40. The van der Waals surface area contributed by atoms with E-state index in [1.807, 2.05) is 50.1 Å². The van der Waals surface area contributed by atoms with Gasteiger partial charge in [0.1, 0.15) is 5.60 Å². The third-order valence-electron chi connectivity index (χ3n) is 4.78. The zero-order chi connectivity index (χ0) is 18.3. The molecule has 2 unspecified atom stereocenters. The molecular formula is C21H24N2O3. The fourth-order valence-electron chi connectivity index (χ4n) is 3.75. The molecule has 1 fully saturated rings. The van der Waals surface area contributed by atoms with Gasteiger partial charge in [0, 0.05) is 11.6 Å². The van der Waals surface area contributed by atoms with Crippen LogP contribution in [0.3, 0.4) is 0 Å². The van der Waals surface area contributed by atoms with Gasteiger partial charge in [-0.2, -0.15) is 0 Å². The summed E-state index contributed by atoms with van der Waals surface area (Å²) >= 11 is 0. The lowest BCUT2D eigenvalue weighted by Gasteiger charge is -2.44. The first kappa shape index (κ1) is 17.0. The Morgan fingerprint density at radius 3 is 2.81 bits per heavy atom. The molecule has 136 valence electrons. The lowest BCUT2D eigenvalue weighted by molar-refractivity contribution is -0.0510. The number of aromatic nitrogens is 1. The molecule has 5 nitrogen and oxygen atoms in total. The summed E-state index contributed by atoms with van der Waals surface area (Å²) in [7, 11) is 0. The predicted molar refractivity (Wildman–Crippen MR) is 101 cm³/mol. The van der Waals surface area contributed by atoms with E-state index in [2.05, 4.69) is 23.2 Å². The monoisotopic (exact) mass is 352 g/mol. The minimum absolute atomic E-state index is 0.0237. The number of rotatable bonds is 1. The highest BCUT2D eigenvalue weighted by Gasteiger charge is 2.40. The maximum absolute atomic E-state index is 12.7. The van der Waals surface area contributed by atoms with E-state index in [1.165, 1.54) is 11.0 Å². The average Bonchev–Trinajstić information content (AvgIpc) is 2.58. The molecular weight excluding hydrogens is 328 g/mol. The van der Waals surface area contributed by atoms with Crippen LogP contribution in [0.2, 0.25) is 0 Å². The molecule has 2 aromatic rings. The molecule has 3 heterocycles. The summed E-state index contributed by atoms with van der Waals surface area (Å²) in [5.74, 6) is 0. The lowest BCUT2D eigenvalue weighted by Crippen LogP contribution is -2.57. The number of carbonyl (C=O) groups is 1. The van der Waals surface area contributed by atoms with Crippen LogP contribution >= 0.6 is 0 Å². The number of benzene rings is 1. The molecule has 0 radical (unpaired) electrons. The van der Waals surface area contributed by atoms with Crippen LogP contribution in [0.1, 0.15) is 32.9 Å². The van der Waals surface area contributed by atoms with Crippen LogP contribution in [0.15, 0.2) is 42.6 Å². The summed E-state index contributed by atoms with van der Waals surface area (Å²) in [5, 5.41) is 2.32. The Balaban J connectivity index is 1.69. The van der Waals surface area contributed by atoms with Gasteiger partial charge in [0.2, 0.25) is 0 Å². The lowest BCUT2D eigenvalue weighted by atomic mass is 9.90. The van der Waals surface area contributed by atoms with Crippen molar-refractivity contribution in [3.8, 4) is 0 Å². The highest BCUT2D eigenvalue weighted by Crippen LogP contribution is 2.35. The SMILES string of the molecule is CC(C)(C)OC(=O)N1C2C=C(c3nccc4ccccc34)CC1COC2. The molecule has 1 aromatic heterocycles. The highest BCUT2D eigenvalue weighted by atomic mass is 16.6. The molecule has 5 heteroatoms. The fraction of sp³-hybridized carbons (Fsp3) is 0.429. The van der Waals surface area contributed by atoms with Gasteiger partial charge in [-0.3, -0.25) is 9.88 Å². The van der Waals surface area contributed by atoms with Crippen molar-refractivity contribution < 1.29 is 14.3 Å². The molecule has 1 aromatic carbocycles. The molecule has 2 aliphatic rings. The zero-order valence-electron chi connectivity index (χ0n) is 15.4. The largest absolute Gasteiger partial charge is 0.444 e. The average molecular weight is 352 g/mol. The Morgan fingerprint density at radius 1 is 1.23 bits per heavy atom. The second-order valence-corrected chi connectivity index (χ2v) is 7.92. The number of hydrogen-bond acceptors (Lipinski definition) is 4. The van der Waals surface area contributed by atoms with Crippen molar-refractivity contribution in [2.24, 2.45) is 0 Å². The zero-order valence-corrected chi connectivity index (χ0v) is 15.4. The van der Waals surface area contributed by atoms with E-state index in [1.54, 1.807) is 0 Å². The molecule has 4 rings (SSSR count). The Kier molecular flexibility index (Phi) is 4.19. The van der Waals surface area contributed by atoms with Crippen LogP contribution in [0.5, 0.6) is 0 Å². The van der Waals surface area contributed by atoms with E-state index in [-0.39, 0.29) is 18.2 Å². The summed E-state index contributed by atoms with van der Waals surface area (Å²) in [6.07, 6.45) is 4.42. The van der Waals surface area contributed by atoms with Gasteiger partial charge in [-0.15, -0.1) is 0 Å². The molecule has 1 saturated heterocycles. The first-order valence-electron chi connectivity index (χ1n) is 9.06. The Labute approximate surface area is 153 Å². The summed E-state index contributed by atoms with van der Waals surface area (Å²) in [6, 6.07) is 10.2. The summed E-state index contributed by atoms with van der Waals surface area (Å²) < 4.78 is 11.3. The Hall–Kier alpha value is -2.40. The molecule has 0 aliphatic carbocycles. The van der Waals surface area contributed by atoms with Gasteiger partial charge in [0.25, 0.3) is 0 Å². The number of ether oxygens (including phenoxy) is 2. The van der Waals surface area contributed by atoms with Gasteiger partial charge in [0.15, 0.2) is 0 Å². The van der Waals surface area contributed by atoms with E-state index in [4.69, 9.17) is 9.47 Å². The normalized spacial score (nSPS) is 22.9. The van der Waals surface area contributed by atoms with Gasteiger partial charge in [-0.05, 0) is 44.2 Å². The van der Waals surface area contributed by atoms with Gasteiger partial charge in [0.05, 0.1) is 31.0 Å². The van der Waals surface area contributed by atoms with Crippen LogP contribution in [0.25, 0.3) is 16.3 Å². The third kappa shape index (κ3) is 3.19. The summed E-state index contributed by atoms with van der Waals surface area (Å²) in [6.45, 7) is 6.69. The summed E-state index contributed by atoms with van der Waals surface area (Å²) in [4.78, 5) is 19.2. The van der Waals surface area contributed by atoms with Crippen molar-refractivity contribution in [1.29, 1.82) is 0 Å². The number of carbonyl (C=O) groups excluding carboxylic acids is 1. The number of hydrogen-bond donors (Lipinski definition) is 0. The quantitative estimate of drug-likeness (QED) is 0.778. The standard InChI is InChI=1S/C21H24N2O3/c1-21(2,3)26-20(24)23-16-10-15(11-17(23)13-25-12-16)19-18-7-5-4-6-14(18)8-9-22-19/h4-10,16-17H,11-13H2,1-3H3. The van der Waals surface area contributed by atoms with Gasteiger partial charge in [-0.25, -0.2) is 4.79 Å². The smallest absolute Gasteiger partial charge is 0.411 e. The van der Waals surface area contributed by atoms with Gasteiger partial charge >= 0.3 is 6.09 Å². The minimum atomic E-state index is -0.507. The van der Waals surface area contributed by atoms with E-state index in [0.29, 0.717) is 13.2 Å². The number of pyridine rings is 1. The van der Waals surface area contributed by atoms with Crippen LogP contribution in [-0.4, -0.2) is 46.9 Å². The molecule has 2 atom stereocenters. The Morgan fingerprint density at radius 2 is 2.04 bits per heavy atom. The minimum Gasteiger partial charge on any atom is -0.444 e. The highest BCUT2D eigenvalue weighted by molar-refractivity contribution is 5.92. The van der Waals surface area contributed by atoms with Crippen LogP contribution < -0.4 is 0 Å². The number of nitrogens with zero attached hydrogens (tertiary/aromatic N) is 2. The molecule has 1 amide bonds. The molecule has 2 aliphatic heterocycles. The Bertz CT molecular complexity index is 864. The van der Waals surface area contributed by atoms with Crippen molar-refractivity contribution in [2.45, 2.75) is 44.9 Å². The van der Waals surface area contributed by atoms with E-state index < -0.39 is 5.60 Å². The molecule has 26 heavy (non-hydrogen) atoms. The van der Waals surface area contributed by atoms with Crippen molar-refractivity contribution >= 4 is 22.4 Å². The molecule has 0 spiro atoms. The van der Waals surface area contributed by atoms with Crippen molar-refractivity contribution in [3.63, 3.8) is 0 Å². The number of fused-ring (bicyclic) bond motifs is 3. The fourth-order valence-corrected chi connectivity index (χ4v) is 3.75. The van der Waals surface area contributed by atoms with E-state index >= 15 is 0 Å². The molecule has 0 saturated carbocycles. The second-order valence-electron chi connectivity index (χ2n) is 7.92. The predicted octanol–water partition coefficient (Wildman–Crippen LogP) is 4.03. The van der Waals surface area contributed by atoms with Crippen molar-refractivity contribution in [2.75, 3.05) is 13.2 Å². The van der Waals surface area contributed by atoms with Crippen LogP contribution in [-0.2, 0) is 9.47 Å². The summed E-state index contributed by atoms with van der Waals surface area (Å²) in [5.41, 5.74) is 1.68. The van der Waals surface area contributed by atoms with E-state index in [0.717, 1.165) is 17.5 Å². The van der Waals surface area contributed by atoms with Gasteiger partial charge < -0.3 is 9.47 Å². The maximum Gasteiger partial charge on any atom is 0.411 e. The van der Waals surface area contributed by atoms with E-state index in [9.17, 15) is 4.79 Å². The van der Waals surface area contributed by atoms with Gasteiger partial charge in [-0.1, -0.05) is 30.3 Å². The third-order valence-corrected chi connectivity index (χ3v) is 4.78. The topological polar surface area (TPSA) is 51.7 Å². The van der Waals surface area contributed by atoms with Crippen molar-refractivity contribution in [1.82, 2.24) is 9.88 Å². The molecule has 2 bridgehead atoms. The maximum atomic E-state index is 12.7.